The topological polar surface area (TPSA) is 79.0 Å². The van der Waals surface area contributed by atoms with Gasteiger partial charge in [-0.1, -0.05) is 19.1 Å². The van der Waals surface area contributed by atoms with Gasteiger partial charge in [0, 0.05) is 12.6 Å². The number of aromatic amines is 1. The van der Waals surface area contributed by atoms with Crippen LogP contribution in [0.5, 0.6) is 0 Å². The summed E-state index contributed by atoms with van der Waals surface area (Å²) in [5.41, 5.74) is 0.545. The SMILES string of the molecule is CCCNC(=O)c1ccccc1-[n+]1cc(=O)o[nH]1. The molecule has 2 N–H and O–H groups in total. The zero-order chi connectivity index (χ0) is 13.0. The molecule has 0 spiro atoms. The Kier molecular flexibility index (Phi) is 3.57. The zero-order valence-corrected chi connectivity index (χ0v) is 9.97. The first-order valence-corrected chi connectivity index (χ1v) is 5.70. The number of hydrogen-bond donors (Lipinski definition) is 2. The number of para-hydroxylation sites is 1. The standard InChI is InChI=1S/C12H13N3O3/c1-2-7-13-12(17)9-5-3-4-6-10(9)15-8-11(16)18-14-15/h3-6,8H,2,7H2,1H3,(H-,13,14,16,17)/p+1. The van der Waals surface area contributed by atoms with E-state index in [2.05, 4.69) is 15.1 Å². The molecule has 1 aromatic heterocycles. The molecule has 0 aliphatic heterocycles. The van der Waals surface area contributed by atoms with Crippen LogP contribution in [0.1, 0.15) is 23.7 Å². The lowest BCUT2D eigenvalue weighted by Gasteiger charge is -2.03. The van der Waals surface area contributed by atoms with E-state index in [1.807, 2.05) is 6.92 Å². The van der Waals surface area contributed by atoms with E-state index in [-0.39, 0.29) is 5.91 Å². The Balaban J connectivity index is 2.37. The summed E-state index contributed by atoms with van der Waals surface area (Å²) in [6.45, 7) is 2.59. The van der Waals surface area contributed by atoms with Crippen LogP contribution in [0.4, 0.5) is 0 Å². The molecule has 18 heavy (non-hydrogen) atoms. The van der Waals surface area contributed by atoms with E-state index < -0.39 is 5.63 Å². The average molecular weight is 248 g/mol. The van der Waals surface area contributed by atoms with Gasteiger partial charge in [0.25, 0.3) is 17.8 Å². The van der Waals surface area contributed by atoms with Crippen LogP contribution in [-0.2, 0) is 0 Å². The quantitative estimate of drug-likeness (QED) is 0.768. The third kappa shape index (κ3) is 2.48. The predicted octanol–water partition coefficient (Wildman–Crippen LogP) is 0.384. The molecule has 2 rings (SSSR count). The van der Waals surface area contributed by atoms with Gasteiger partial charge in [-0.2, -0.15) is 0 Å². The van der Waals surface area contributed by atoms with Crippen LogP contribution < -0.4 is 15.6 Å². The maximum absolute atomic E-state index is 12.0. The van der Waals surface area contributed by atoms with Crippen LogP contribution >= 0.6 is 0 Å². The monoisotopic (exact) mass is 248 g/mol. The van der Waals surface area contributed by atoms with Crippen molar-refractivity contribution in [2.24, 2.45) is 0 Å². The molecule has 94 valence electrons. The maximum atomic E-state index is 12.0. The molecule has 0 saturated carbocycles. The number of H-pyrrole nitrogens is 1. The summed E-state index contributed by atoms with van der Waals surface area (Å²) in [5, 5.41) is 5.21. The van der Waals surface area contributed by atoms with Crippen molar-refractivity contribution in [3.63, 3.8) is 0 Å². The van der Waals surface area contributed by atoms with E-state index in [0.29, 0.717) is 17.8 Å². The summed E-state index contributed by atoms with van der Waals surface area (Å²) in [6, 6.07) is 6.97. The van der Waals surface area contributed by atoms with Gasteiger partial charge in [0.1, 0.15) is 5.56 Å². The van der Waals surface area contributed by atoms with Crippen molar-refractivity contribution < 1.29 is 14.0 Å². The Bertz CT molecular complexity index is 600. The minimum absolute atomic E-state index is 0.179. The van der Waals surface area contributed by atoms with Gasteiger partial charge in [0.2, 0.25) is 0 Å². The lowest BCUT2D eigenvalue weighted by Crippen LogP contribution is -2.36. The minimum Gasteiger partial charge on any atom is -0.352 e. The molecule has 0 atom stereocenters. The fraction of sp³-hybridized carbons (Fsp3) is 0.250. The molecule has 0 bridgehead atoms. The Morgan fingerprint density at radius 2 is 2.22 bits per heavy atom. The highest BCUT2D eigenvalue weighted by Crippen LogP contribution is 2.07. The first kappa shape index (κ1) is 12.1. The van der Waals surface area contributed by atoms with E-state index in [4.69, 9.17) is 0 Å². The molecule has 0 radical (unpaired) electrons. The molecule has 6 nitrogen and oxygen atoms in total. The fourth-order valence-corrected chi connectivity index (χ4v) is 1.58. The first-order chi connectivity index (χ1) is 8.72. The van der Waals surface area contributed by atoms with E-state index >= 15 is 0 Å². The molecule has 0 unspecified atom stereocenters. The number of nitrogens with one attached hydrogen (secondary N) is 2. The summed E-state index contributed by atoms with van der Waals surface area (Å²) in [7, 11) is 0. The molecule has 6 heteroatoms. The molecular weight excluding hydrogens is 234 g/mol. The highest BCUT2D eigenvalue weighted by molar-refractivity contribution is 5.96. The lowest BCUT2D eigenvalue weighted by atomic mass is 10.1. The van der Waals surface area contributed by atoms with Crippen LogP contribution in [-0.4, -0.2) is 17.7 Å². The molecule has 1 heterocycles. The molecule has 0 saturated heterocycles. The normalized spacial score (nSPS) is 10.3. The van der Waals surface area contributed by atoms with Crippen LogP contribution in [0.15, 0.2) is 39.8 Å². The van der Waals surface area contributed by atoms with E-state index in [1.165, 1.54) is 10.9 Å². The summed E-state index contributed by atoms with van der Waals surface area (Å²) in [6.07, 6.45) is 2.11. The maximum Gasteiger partial charge on any atom is 0.427 e. The summed E-state index contributed by atoms with van der Waals surface area (Å²) in [4.78, 5) is 23.0. The Morgan fingerprint density at radius 1 is 1.44 bits per heavy atom. The lowest BCUT2D eigenvalue weighted by molar-refractivity contribution is -0.670. The number of carbonyl (C=O) groups is 1. The molecular formula is C12H14N3O3+. The molecule has 0 aliphatic rings. The van der Waals surface area contributed by atoms with Gasteiger partial charge in [-0.3, -0.25) is 9.32 Å². The predicted molar refractivity (Wildman–Crippen MR) is 63.5 cm³/mol. The second-order valence-corrected chi connectivity index (χ2v) is 3.78. The number of aromatic nitrogens is 2. The van der Waals surface area contributed by atoms with Crippen molar-refractivity contribution in [1.29, 1.82) is 0 Å². The largest absolute Gasteiger partial charge is 0.427 e. The van der Waals surface area contributed by atoms with Crippen molar-refractivity contribution >= 4 is 5.91 Å². The van der Waals surface area contributed by atoms with Crippen LogP contribution in [0.3, 0.4) is 0 Å². The second-order valence-electron chi connectivity index (χ2n) is 3.78. The number of benzene rings is 1. The Hall–Kier alpha value is -2.37. The van der Waals surface area contributed by atoms with Crippen LogP contribution in [0.2, 0.25) is 0 Å². The second kappa shape index (κ2) is 5.31. The van der Waals surface area contributed by atoms with Crippen molar-refractivity contribution in [1.82, 2.24) is 10.6 Å². The highest BCUT2D eigenvalue weighted by atomic mass is 16.5. The Morgan fingerprint density at radius 3 is 2.89 bits per heavy atom. The minimum atomic E-state index is -0.501. The molecule has 2 aromatic rings. The summed E-state index contributed by atoms with van der Waals surface area (Å²) in [5.74, 6) is -0.179. The third-order valence-corrected chi connectivity index (χ3v) is 2.42. The summed E-state index contributed by atoms with van der Waals surface area (Å²) >= 11 is 0. The van der Waals surface area contributed by atoms with Crippen molar-refractivity contribution in [3.05, 3.63) is 46.4 Å². The number of amides is 1. The van der Waals surface area contributed by atoms with Crippen molar-refractivity contribution in [2.75, 3.05) is 6.54 Å². The van der Waals surface area contributed by atoms with Gasteiger partial charge in [-0.15, -0.1) is 0 Å². The third-order valence-electron chi connectivity index (χ3n) is 2.42. The smallest absolute Gasteiger partial charge is 0.352 e. The first-order valence-electron chi connectivity index (χ1n) is 5.70. The fourth-order valence-electron chi connectivity index (χ4n) is 1.58. The molecule has 1 aromatic carbocycles. The Labute approximate surface area is 103 Å². The number of carbonyl (C=O) groups excluding carboxylic acids is 1. The van der Waals surface area contributed by atoms with Gasteiger partial charge in [0.05, 0.1) is 0 Å². The molecule has 0 fully saturated rings. The van der Waals surface area contributed by atoms with Crippen LogP contribution in [0, 0.1) is 0 Å². The van der Waals surface area contributed by atoms with E-state index in [1.54, 1.807) is 24.3 Å². The van der Waals surface area contributed by atoms with E-state index in [0.717, 1.165) is 6.42 Å². The van der Waals surface area contributed by atoms with Crippen LogP contribution in [0.25, 0.3) is 5.69 Å². The average Bonchev–Trinajstić information content (AvgIpc) is 2.82. The number of rotatable bonds is 4. The number of nitrogens with zero attached hydrogens (tertiary/aromatic N) is 1. The van der Waals surface area contributed by atoms with Gasteiger partial charge >= 0.3 is 5.63 Å². The zero-order valence-electron chi connectivity index (χ0n) is 9.97. The molecule has 1 amide bonds. The van der Waals surface area contributed by atoms with Crippen molar-refractivity contribution in [2.45, 2.75) is 13.3 Å². The molecule has 0 aliphatic carbocycles. The summed E-state index contributed by atoms with van der Waals surface area (Å²) < 4.78 is 5.96. The van der Waals surface area contributed by atoms with Gasteiger partial charge in [0.15, 0.2) is 0 Å². The highest BCUT2D eigenvalue weighted by Gasteiger charge is 2.20. The number of hydrogen-bond acceptors (Lipinski definition) is 3. The van der Waals surface area contributed by atoms with E-state index in [9.17, 15) is 9.59 Å². The van der Waals surface area contributed by atoms with Crippen molar-refractivity contribution in [3.8, 4) is 5.69 Å². The van der Waals surface area contributed by atoms with Gasteiger partial charge in [-0.05, 0) is 22.4 Å². The van der Waals surface area contributed by atoms with Gasteiger partial charge < -0.3 is 5.32 Å². The van der Waals surface area contributed by atoms with Gasteiger partial charge in [-0.25, -0.2) is 4.79 Å².